The maximum absolute atomic E-state index is 12.1. The highest BCUT2D eigenvalue weighted by Crippen LogP contribution is 2.27. The van der Waals surface area contributed by atoms with E-state index in [1.54, 1.807) is 10.7 Å². The third-order valence-corrected chi connectivity index (χ3v) is 5.19. The van der Waals surface area contributed by atoms with Gasteiger partial charge in [0, 0.05) is 24.5 Å². The number of aromatic nitrogens is 3. The van der Waals surface area contributed by atoms with Gasteiger partial charge in [-0.1, -0.05) is 25.6 Å². The number of amides is 1. The third-order valence-electron chi connectivity index (χ3n) is 4.20. The summed E-state index contributed by atoms with van der Waals surface area (Å²) in [7, 11) is 0. The van der Waals surface area contributed by atoms with Crippen molar-refractivity contribution < 1.29 is 9.53 Å². The molecule has 0 aliphatic carbocycles. The number of carbonyl (C=O) groups is 1. The first-order valence-corrected chi connectivity index (χ1v) is 10.5. The average Bonchev–Trinajstić information content (AvgIpc) is 3.12. The van der Waals surface area contributed by atoms with Crippen molar-refractivity contribution >= 4 is 23.2 Å². The van der Waals surface area contributed by atoms with Crippen LogP contribution in [-0.4, -0.2) is 39.4 Å². The topological polar surface area (TPSA) is 68.5 Å². The molecule has 0 spiro atoms. The summed E-state index contributed by atoms with van der Waals surface area (Å²) in [5.41, 5.74) is 2.76. The molecule has 0 unspecified atom stereocenters. The molecule has 1 aromatic carbocycles. The molecule has 6 nitrogen and oxygen atoms in total. The largest absolute Gasteiger partial charge is 0.494 e. The van der Waals surface area contributed by atoms with E-state index in [1.807, 2.05) is 43.5 Å². The van der Waals surface area contributed by atoms with Gasteiger partial charge in [0.2, 0.25) is 5.91 Å². The Morgan fingerprint density at radius 1 is 1.29 bits per heavy atom. The van der Waals surface area contributed by atoms with Crippen LogP contribution >= 0.6 is 11.8 Å². The van der Waals surface area contributed by atoms with Gasteiger partial charge in [0.1, 0.15) is 10.8 Å². The first-order chi connectivity index (χ1) is 13.6. The zero-order chi connectivity index (χ0) is 19.9. The second-order valence-corrected chi connectivity index (χ2v) is 7.83. The zero-order valence-corrected chi connectivity index (χ0v) is 17.3. The average molecular weight is 399 g/mol. The highest BCUT2D eigenvalue weighted by molar-refractivity contribution is 8.00. The van der Waals surface area contributed by atoms with Crippen LogP contribution < -0.4 is 10.1 Å². The number of carbonyl (C=O) groups excluding carboxylic acids is 1. The number of benzene rings is 1. The van der Waals surface area contributed by atoms with Gasteiger partial charge in [-0.25, -0.2) is 9.50 Å². The molecule has 28 heavy (non-hydrogen) atoms. The number of rotatable bonds is 9. The number of hydrogen-bond donors (Lipinski definition) is 1. The number of fused-ring (bicyclic) bond motifs is 1. The fourth-order valence-electron chi connectivity index (χ4n) is 2.72. The van der Waals surface area contributed by atoms with E-state index in [0.29, 0.717) is 24.8 Å². The smallest absolute Gasteiger partial charge is 0.230 e. The Labute approximate surface area is 169 Å². The van der Waals surface area contributed by atoms with E-state index in [4.69, 9.17) is 4.74 Å². The van der Waals surface area contributed by atoms with Crippen LogP contribution in [0.1, 0.15) is 27.2 Å². The Morgan fingerprint density at radius 3 is 2.79 bits per heavy atom. The fourth-order valence-corrected chi connectivity index (χ4v) is 3.53. The lowest BCUT2D eigenvalue weighted by Crippen LogP contribution is -2.26. The van der Waals surface area contributed by atoms with E-state index in [9.17, 15) is 4.79 Å². The first kappa shape index (κ1) is 20.2. The molecular formula is C21H26N4O2S. The Morgan fingerprint density at radius 2 is 2.07 bits per heavy atom. The van der Waals surface area contributed by atoms with Gasteiger partial charge in [-0.3, -0.25) is 4.79 Å². The lowest BCUT2D eigenvalue weighted by atomic mass is 10.1. The molecular weight excluding hydrogens is 372 g/mol. The van der Waals surface area contributed by atoms with Crippen LogP contribution in [0, 0.1) is 5.92 Å². The molecule has 1 N–H and O–H groups in total. The second-order valence-electron chi connectivity index (χ2n) is 6.87. The summed E-state index contributed by atoms with van der Waals surface area (Å²) in [5.74, 6) is 1.79. The minimum absolute atomic E-state index is 0.0284. The van der Waals surface area contributed by atoms with Gasteiger partial charge in [-0.15, -0.1) is 0 Å². The predicted octanol–water partition coefficient (Wildman–Crippen LogP) is 4.05. The Hall–Kier alpha value is -2.54. The number of nitrogens with one attached hydrogen (secondary N) is 1. The molecule has 2 aromatic heterocycles. The van der Waals surface area contributed by atoms with Crippen molar-refractivity contribution in [2.45, 2.75) is 32.2 Å². The normalized spacial score (nSPS) is 11.1. The molecule has 7 heteroatoms. The van der Waals surface area contributed by atoms with Crippen molar-refractivity contribution in [3.05, 3.63) is 42.7 Å². The van der Waals surface area contributed by atoms with E-state index in [2.05, 4.69) is 29.2 Å². The predicted molar refractivity (Wildman–Crippen MR) is 113 cm³/mol. The van der Waals surface area contributed by atoms with Gasteiger partial charge in [-0.05, 0) is 49.6 Å². The van der Waals surface area contributed by atoms with Crippen LogP contribution in [0.3, 0.4) is 0 Å². The minimum Gasteiger partial charge on any atom is -0.494 e. The van der Waals surface area contributed by atoms with Gasteiger partial charge in [0.25, 0.3) is 0 Å². The lowest BCUT2D eigenvalue weighted by molar-refractivity contribution is -0.118. The van der Waals surface area contributed by atoms with Crippen LogP contribution in [-0.2, 0) is 4.79 Å². The molecule has 3 aromatic rings. The molecule has 0 saturated heterocycles. The van der Waals surface area contributed by atoms with Gasteiger partial charge in [-0.2, -0.15) is 5.10 Å². The Bertz CT molecular complexity index is 922. The van der Waals surface area contributed by atoms with Gasteiger partial charge in [0.15, 0.2) is 0 Å². The molecule has 0 fully saturated rings. The lowest BCUT2D eigenvalue weighted by Gasteiger charge is -2.07. The SMILES string of the molecule is CCOc1ccc(-c2cc3c(SCC(=O)NCCC(C)C)nccn3n2)cc1. The highest BCUT2D eigenvalue weighted by Gasteiger charge is 2.11. The molecule has 2 heterocycles. The summed E-state index contributed by atoms with van der Waals surface area (Å²) in [5, 5.41) is 8.39. The summed E-state index contributed by atoms with van der Waals surface area (Å²) in [6.45, 7) is 7.61. The van der Waals surface area contributed by atoms with Crippen molar-refractivity contribution in [3.63, 3.8) is 0 Å². The Balaban J connectivity index is 1.70. The summed E-state index contributed by atoms with van der Waals surface area (Å²) >= 11 is 1.43. The molecule has 148 valence electrons. The molecule has 3 rings (SSSR count). The molecule has 1 amide bonds. The van der Waals surface area contributed by atoms with E-state index in [-0.39, 0.29) is 5.91 Å². The first-order valence-electron chi connectivity index (χ1n) is 9.54. The van der Waals surface area contributed by atoms with Gasteiger partial charge >= 0.3 is 0 Å². The minimum atomic E-state index is 0.0284. The van der Waals surface area contributed by atoms with Crippen molar-refractivity contribution in [2.75, 3.05) is 18.9 Å². The highest BCUT2D eigenvalue weighted by atomic mass is 32.2. The van der Waals surface area contributed by atoms with Crippen LogP contribution in [0.15, 0.2) is 47.8 Å². The summed E-state index contributed by atoms with van der Waals surface area (Å²) in [6.07, 6.45) is 4.51. The van der Waals surface area contributed by atoms with Crippen molar-refractivity contribution in [3.8, 4) is 17.0 Å². The van der Waals surface area contributed by atoms with Crippen LogP contribution in [0.5, 0.6) is 5.75 Å². The van der Waals surface area contributed by atoms with E-state index >= 15 is 0 Å². The summed E-state index contributed by atoms with van der Waals surface area (Å²) in [4.78, 5) is 16.5. The number of nitrogens with zero attached hydrogens (tertiary/aromatic N) is 3. The summed E-state index contributed by atoms with van der Waals surface area (Å²) < 4.78 is 7.30. The standard InChI is InChI=1S/C21H26N4O2S/c1-4-27-17-7-5-16(6-8-17)18-13-19-21(23-11-12-25(19)24-18)28-14-20(26)22-10-9-15(2)3/h5-8,11-13,15H,4,9-10,14H2,1-3H3,(H,22,26). The number of ether oxygens (including phenoxy) is 1. The zero-order valence-electron chi connectivity index (χ0n) is 16.5. The van der Waals surface area contributed by atoms with Crippen LogP contribution in [0.2, 0.25) is 0 Å². The quantitative estimate of drug-likeness (QED) is 0.551. The molecule has 0 aliphatic rings. The van der Waals surface area contributed by atoms with E-state index in [0.717, 1.165) is 34.0 Å². The molecule has 0 radical (unpaired) electrons. The van der Waals surface area contributed by atoms with Crippen molar-refractivity contribution in [1.29, 1.82) is 0 Å². The van der Waals surface area contributed by atoms with Crippen molar-refractivity contribution in [2.24, 2.45) is 5.92 Å². The molecule has 0 aliphatic heterocycles. The maximum Gasteiger partial charge on any atom is 0.230 e. The van der Waals surface area contributed by atoms with Crippen LogP contribution in [0.4, 0.5) is 0 Å². The maximum atomic E-state index is 12.1. The summed E-state index contributed by atoms with van der Waals surface area (Å²) in [6, 6.07) is 9.88. The number of thioether (sulfide) groups is 1. The van der Waals surface area contributed by atoms with Crippen LogP contribution in [0.25, 0.3) is 16.8 Å². The third kappa shape index (κ3) is 5.25. The fraction of sp³-hybridized carbons (Fsp3) is 0.381. The van der Waals surface area contributed by atoms with Gasteiger partial charge in [0.05, 0.1) is 23.6 Å². The number of hydrogen-bond acceptors (Lipinski definition) is 5. The Kier molecular flexibility index (Phi) is 6.92. The molecule has 0 bridgehead atoms. The van der Waals surface area contributed by atoms with Crippen molar-refractivity contribution in [1.82, 2.24) is 19.9 Å². The van der Waals surface area contributed by atoms with Gasteiger partial charge < -0.3 is 10.1 Å². The monoisotopic (exact) mass is 398 g/mol. The van der Waals surface area contributed by atoms with E-state index < -0.39 is 0 Å². The molecule has 0 atom stereocenters. The molecule has 0 saturated carbocycles. The second kappa shape index (κ2) is 9.59. The van der Waals surface area contributed by atoms with E-state index in [1.165, 1.54) is 11.8 Å².